The van der Waals surface area contributed by atoms with Crippen LogP contribution in [-0.4, -0.2) is 17.8 Å². The predicted octanol–water partition coefficient (Wildman–Crippen LogP) is 3.15. The van der Waals surface area contributed by atoms with Crippen LogP contribution in [0, 0.1) is 11.7 Å². The fraction of sp³-hybridized carbons (Fsp3) is 0.538. The molecule has 2 atom stereocenters. The highest BCUT2D eigenvalue weighted by molar-refractivity contribution is 6.30. The van der Waals surface area contributed by atoms with E-state index in [1.54, 1.807) is 19.1 Å². The molecule has 0 heterocycles. The third kappa shape index (κ3) is 4.26. The van der Waals surface area contributed by atoms with Gasteiger partial charge in [0.05, 0.1) is 6.10 Å². The second-order valence-electron chi connectivity index (χ2n) is 4.64. The molecule has 0 radical (unpaired) electrons. The SMILES string of the molecule is CC(C)[C@@H](NC[C@@H](C)O)c1ccc(Cl)cc1F. The van der Waals surface area contributed by atoms with Crippen molar-refractivity contribution in [1.29, 1.82) is 0 Å². The topological polar surface area (TPSA) is 32.3 Å². The van der Waals surface area contributed by atoms with Crippen LogP contribution < -0.4 is 5.32 Å². The third-order valence-corrected chi connectivity index (χ3v) is 2.83. The van der Waals surface area contributed by atoms with Crippen molar-refractivity contribution >= 4 is 11.6 Å². The summed E-state index contributed by atoms with van der Waals surface area (Å²) in [7, 11) is 0. The van der Waals surface area contributed by atoms with Crippen molar-refractivity contribution in [2.24, 2.45) is 5.92 Å². The first kappa shape index (κ1) is 14.4. The number of nitrogens with one attached hydrogen (secondary N) is 1. The number of hydrogen-bond acceptors (Lipinski definition) is 2. The van der Waals surface area contributed by atoms with Crippen molar-refractivity contribution in [3.05, 3.63) is 34.6 Å². The van der Waals surface area contributed by atoms with Crippen LogP contribution in [0.15, 0.2) is 18.2 Å². The number of hydrogen-bond donors (Lipinski definition) is 2. The molecule has 2 nitrogen and oxygen atoms in total. The molecular formula is C13H19ClFNO. The molecule has 0 aliphatic carbocycles. The molecule has 4 heteroatoms. The lowest BCUT2D eigenvalue weighted by atomic mass is 9.95. The monoisotopic (exact) mass is 259 g/mol. The van der Waals surface area contributed by atoms with Gasteiger partial charge in [0.1, 0.15) is 5.82 Å². The van der Waals surface area contributed by atoms with Gasteiger partial charge in [0.25, 0.3) is 0 Å². The van der Waals surface area contributed by atoms with Crippen LogP contribution in [0.4, 0.5) is 4.39 Å². The molecule has 0 saturated heterocycles. The van der Waals surface area contributed by atoms with E-state index in [9.17, 15) is 9.50 Å². The number of aliphatic hydroxyl groups excluding tert-OH is 1. The van der Waals surface area contributed by atoms with Gasteiger partial charge in [-0.1, -0.05) is 31.5 Å². The lowest BCUT2D eigenvalue weighted by molar-refractivity contribution is 0.181. The zero-order valence-corrected chi connectivity index (χ0v) is 11.1. The predicted molar refractivity (Wildman–Crippen MR) is 68.7 cm³/mol. The average molecular weight is 260 g/mol. The van der Waals surface area contributed by atoms with Crippen molar-refractivity contribution in [2.45, 2.75) is 32.9 Å². The van der Waals surface area contributed by atoms with E-state index in [0.29, 0.717) is 17.1 Å². The first-order chi connectivity index (χ1) is 7.91. The second kappa shape index (κ2) is 6.34. The normalized spacial score (nSPS) is 15.0. The summed E-state index contributed by atoms with van der Waals surface area (Å²) >= 11 is 5.73. The molecule has 2 N–H and O–H groups in total. The van der Waals surface area contributed by atoms with Gasteiger partial charge in [-0.2, -0.15) is 0 Å². The highest BCUT2D eigenvalue weighted by atomic mass is 35.5. The quantitative estimate of drug-likeness (QED) is 0.852. The van der Waals surface area contributed by atoms with Gasteiger partial charge in [-0.3, -0.25) is 0 Å². The Morgan fingerprint density at radius 3 is 2.47 bits per heavy atom. The van der Waals surface area contributed by atoms with Crippen LogP contribution >= 0.6 is 11.6 Å². The standard InChI is InChI=1S/C13H19ClFNO/c1-8(2)13(16-7-9(3)17)11-5-4-10(14)6-12(11)15/h4-6,8-9,13,16-17H,7H2,1-3H3/t9-,13-/m1/s1. The maximum Gasteiger partial charge on any atom is 0.129 e. The highest BCUT2D eigenvalue weighted by Crippen LogP contribution is 2.26. The first-order valence-corrected chi connectivity index (χ1v) is 6.16. The van der Waals surface area contributed by atoms with Gasteiger partial charge in [0.2, 0.25) is 0 Å². The Bertz CT molecular complexity index is 368. The molecule has 1 aromatic carbocycles. The number of benzene rings is 1. The summed E-state index contributed by atoms with van der Waals surface area (Å²) in [6, 6.07) is 4.56. The lowest BCUT2D eigenvalue weighted by Crippen LogP contribution is -2.32. The molecule has 0 unspecified atom stereocenters. The van der Waals surface area contributed by atoms with Crippen LogP contribution in [0.2, 0.25) is 5.02 Å². The van der Waals surface area contributed by atoms with Crippen LogP contribution in [0.5, 0.6) is 0 Å². The summed E-state index contributed by atoms with van der Waals surface area (Å²) in [5.74, 6) is -0.0845. The number of aliphatic hydroxyl groups is 1. The van der Waals surface area contributed by atoms with E-state index < -0.39 is 6.10 Å². The molecule has 17 heavy (non-hydrogen) atoms. The Kier molecular flexibility index (Phi) is 5.37. The zero-order chi connectivity index (χ0) is 13.0. The van der Waals surface area contributed by atoms with Crippen molar-refractivity contribution in [3.63, 3.8) is 0 Å². The molecule has 0 aliphatic rings. The van der Waals surface area contributed by atoms with Crippen molar-refractivity contribution in [2.75, 3.05) is 6.54 Å². The largest absolute Gasteiger partial charge is 0.392 e. The Hall–Kier alpha value is -0.640. The fourth-order valence-electron chi connectivity index (χ4n) is 1.76. The first-order valence-electron chi connectivity index (χ1n) is 5.78. The minimum Gasteiger partial charge on any atom is -0.392 e. The fourth-order valence-corrected chi connectivity index (χ4v) is 1.91. The summed E-state index contributed by atoms with van der Waals surface area (Å²) in [5.41, 5.74) is 0.588. The molecule has 0 spiro atoms. The molecule has 0 fully saturated rings. The lowest BCUT2D eigenvalue weighted by Gasteiger charge is -2.24. The van der Waals surface area contributed by atoms with E-state index >= 15 is 0 Å². The molecular weight excluding hydrogens is 241 g/mol. The zero-order valence-electron chi connectivity index (χ0n) is 10.4. The van der Waals surface area contributed by atoms with E-state index in [0.717, 1.165) is 0 Å². The molecule has 0 amide bonds. The van der Waals surface area contributed by atoms with E-state index in [2.05, 4.69) is 5.32 Å². The molecule has 0 saturated carbocycles. The molecule has 0 bridgehead atoms. The van der Waals surface area contributed by atoms with Gasteiger partial charge < -0.3 is 10.4 Å². The Morgan fingerprint density at radius 1 is 1.35 bits per heavy atom. The maximum atomic E-state index is 13.8. The van der Waals surface area contributed by atoms with E-state index in [-0.39, 0.29) is 17.8 Å². The van der Waals surface area contributed by atoms with E-state index in [1.165, 1.54) is 6.07 Å². The van der Waals surface area contributed by atoms with Gasteiger partial charge in [0, 0.05) is 23.2 Å². The van der Waals surface area contributed by atoms with Crippen molar-refractivity contribution < 1.29 is 9.50 Å². The Morgan fingerprint density at radius 2 is 2.00 bits per heavy atom. The second-order valence-corrected chi connectivity index (χ2v) is 5.08. The summed E-state index contributed by atoms with van der Waals surface area (Å²) in [6.07, 6.45) is -0.452. The summed E-state index contributed by atoms with van der Waals surface area (Å²) in [5, 5.41) is 12.8. The van der Waals surface area contributed by atoms with Crippen LogP contribution in [-0.2, 0) is 0 Å². The van der Waals surface area contributed by atoms with E-state index in [4.69, 9.17) is 11.6 Å². The highest BCUT2D eigenvalue weighted by Gasteiger charge is 2.19. The Balaban J connectivity index is 2.89. The van der Waals surface area contributed by atoms with Gasteiger partial charge >= 0.3 is 0 Å². The molecule has 0 aromatic heterocycles. The van der Waals surface area contributed by atoms with Crippen molar-refractivity contribution in [3.8, 4) is 0 Å². The van der Waals surface area contributed by atoms with Crippen LogP contribution in [0.3, 0.4) is 0 Å². The van der Waals surface area contributed by atoms with Crippen LogP contribution in [0.25, 0.3) is 0 Å². The van der Waals surface area contributed by atoms with E-state index in [1.807, 2.05) is 13.8 Å². The summed E-state index contributed by atoms with van der Waals surface area (Å²) in [4.78, 5) is 0. The average Bonchev–Trinajstić information content (AvgIpc) is 2.20. The summed E-state index contributed by atoms with van der Waals surface area (Å²) < 4.78 is 13.8. The minimum atomic E-state index is -0.452. The smallest absolute Gasteiger partial charge is 0.129 e. The Labute approximate surface area is 107 Å². The molecule has 0 aliphatic heterocycles. The van der Waals surface area contributed by atoms with Gasteiger partial charge in [0.15, 0.2) is 0 Å². The molecule has 1 rings (SSSR count). The van der Waals surface area contributed by atoms with Gasteiger partial charge in [-0.25, -0.2) is 4.39 Å². The van der Waals surface area contributed by atoms with Crippen LogP contribution in [0.1, 0.15) is 32.4 Å². The minimum absolute atomic E-state index is 0.123. The number of rotatable bonds is 5. The molecule has 96 valence electrons. The molecule has 1 aromatic rings. The van der Waals surface area contributed by atoms with Crippen molar-refractivity contribution in [1.82, 2.24) is 5.32 Å². The van der Waals surface area contributed by atoms with Gasteiger partial charge in [-0.15, -0.1) is 0 Å². The third-order valence-electron chi connectivity index (χ3n) is 2.60. The summed E-state index contributed by atoms with van der Waals surface area (Å²) in [6.45, 7) is 6.15. The van der Waals surface area contributed by atoms with Gasteiger partial charge in [-0.05, 0) is 25.0 Å². The number of halogens is 2. The maximum absolute atomic E-state index is 13.8.